The van der Waals surface area contributed by atoms with E-state index in [1.807, 2.05) is 6.07 Å². The van der Waals surface area contributed by atoms with E-state index >= 15 is 0 Å². The number of nitrogens with zero attached hydrogens (tertiary/aromatic N) is 2. The zero-order valence-corrected chi connectivity index (χ0v) is 18.1. The van der Waals surface area contributed by atoms with Crippen LogP contribution in [0.1, 0.15) is 22.8 Å². The van der Waals surface area contributed by atoms with Crippen molar-refractivity contribution in [3.63, 3.8) is 0 Å². The van der Waals surface area contributed by atoms with Crippen LogP contribution < -0.4 is 10.6 Å². The largest absolute Gasteiger partial charge is 0.353 e. The Labute approximate surface area is 183 Å². The molecule has 0 aliphatic carbocycles. The molecule has 1 fully saturated rings. The zero-order valence-electron chi connectivity index (χ0n) is 17.3. The lowest BCUT2D eigenvalue weighted by molar-refractivity contribution is -0.122. The van der Waals surface area contributed by atoms with Crippen molar-refractivity contribution in [2.75, 3.05) is 39.3 Å². The van der Waals surface area contributed by atoms with Gasteiger partial charge < -0.3 is 10.6 Å². The summed E-state index contributed by atoms with van der Waals surface area (Å²) in [6, 6.07) is 16.5. The monoisotopic (exact) mass is 428 g/mol. The van der Waals surface area contributed by atoms with Crippen LogP contribution in [0, 0.1) is 0 Å². The van der Waals surface area contributed by atoms with Crippen LogP contribution in [-0.4, -0.2) is 66.9 Å². The normalized spacial score (nSPS) is 16.1. The lowest BCUT2D eigenvalue weighted by Gasteiger charge is -2.34. The van der Waals surface area contributed by atoms with Crippen molar-refractivity contribution in [3.05, 3.63) is 70.7 Å². The summed E-state index contributed by atoms with van der Waals surface area (Å²) in [4.78, 5) is 29.3. The Kier molecular flexibility index (Phi) is 8.25. The Hall–Kier alpha value is -2.41. The predicted octanol–water partition coefficient (Wildman–Crippen LogP) is 2.39. The van der Waals surface area contributed by atoms with Crippen LogP contribution in [0.2, 0.25) is 5.02 Å². The number of benzene rings is 2. The fourth-order valence-electron chi connectivity index (χ4n) is 3.45. The average Bonchev–Trinajstić information content (AvgIpc) is 2.76. The molecule has 0 saturated carbocycles. The number of carbonyl (C=O) groups is 2. The molecule has 2 aromatic carbocycles. The van der Waals surface area contributed by atoms with Crippen molar-refractivity contribution < 1.29 is 9.59 Å². The van der Waals surface area contributed by atoms with E-state index in [0.29, 0.717) is 17.1 Å². The molecule has 160 valence electrons. The third-order valence-corrected chi connectivity index (χ3v) is 5.54. The van der Waals surface area contributed by atoms with Crippen LogP contribution in [0.25, 0.3) is 0 Å². The van der Waals surface area contributed by atoms with Gasteiger partial charge >= 0.3 is 0 Å². The molecule has 1 aliphatic rings. The third kappa shape index (κ3) is 6.83. The maximum Gasteiger partial charge on any atom is 0.251 e. The molecule has 30 heavy (non-hydrogen) atoms. The average molecular weight is 429 g/mol. The SMILES string of the molecule is CC(NC(=O)c1ccc(Cl)cc1)C(=O)NCCN1CCN(Cc2ccccc2)CC1. The molecule has 1 heterocycles. The van der Waals surface area contributed by atoms with Crippen LogP contribution in [0.4, 0.5) is 0 Å². The van der Waals surface area contributed by atoms with Gasteiger partial charge in [-0.3, -0.25) is 19.4 Å². The molecule has 2 aromatic rings. The van der Waals surface area contributed by atoms with Gasteiger partial charge in [0.25, 0.3) is 5.91 Å². The van der Waals surface area contributed by atoms with Crippen LogP contribution in [-0.2, 0) is 11.3 Å². The smallest absolute Gasteiger partial charge is 0.251 e. The molecule has 1 unspecified atom stereocenters. The number of piperazine rings is 1. The number of halogens is 1. The van der Waals surface area contributed by atoms with E-state index < -0.39 is 6.04 Å². The summed E-state index contributed by atoms with van der Waals surface area (Å²) >= 11 is 5.84. The summed E-state index contributed by atoms with van der Waals surface area (Å²) < 4.78 is 0. The second-order valence-corrected chi connectivity index (χ2v) is 8.03. The summed E-state index contributed by atoms with van der Waals surface area (Å²) in [5.41, 5.74) is 1.82. The van der Waals surface area contributed by atoms with Crippen molar-refractivity contribution in [1.29, 1.82) is 0 Å². The molecule has 6 nitrogen and oxygen atoms in total. The van der Waals surface area contributed by atoms with Crippen molar-refractivity contribution >= 4 is 23.4 Å². The van der Waals surface area contributed by atoms with Crippen molar-refractivity contribution in [2.45, 2.75) is 19.5 Å². The summed E-state index contributed by atoms with van der Waals surface area (Å²) in [5.74, 6) is -0.469. The molecular weight excluding hydrogens is 400 g/mol. The Bertz CT molecular complexity index is 821. The second-order valence-electron chi connectivity index (χ2n) is 7.60. The first-order valence-corrected chi connectivity index (χ1v) is 10.7. The first kappa shape index (κ1) is 22.3. The molecule has 1 atom stereocenters. The van der Waals surface area contributed by atoms with E-state index in [9.17, 15) is 9.59 Å². The predicted molar refractivity (Wildman–Crippen MR) is 120 cm³/mol. The molecule has 0 radical (unpaired) electrons. The van der Waals surface area contributed by atoms with Gasteiger partial charge in [-0.05, 0) is 36.8 Å². The molecule has 3 rings (SSSR count). The second kappa shape index (κ2) is 11.1. The van der Waals surface area contributed by atoms with Gasteiger partial charge in [-0.1, -0.05) is 41.9 Å². The molecule has 2 amide bonds. The Morgan fingerprint density at radius 2 is 1.60 bits per heavy atom. The van der Waals surface area contributed by atoms with E-state index in [2.05, 4.69) is 44.7 Å². The number of hydrogen-bond donors (Lipinski definition) is 2. The summed E-state index contributed by atoms with van der Waals surface area (Å²) in [6.07, 6.45) is 0. The van der Waals surface area contributed by atoms with Gasteiger partial charge in [0.15, 0.2) is 0 Å². The topological polar surface area (TPSA) is 64.7 Å². The van der Waals surface area contributed by atoms with Crippen LogP contribution >= 0.6 is 11.6 Å². The molecule has 0 bridgehead atoms. The van der Waals surface area contributed by atoms with Crippen LogP contribution in [0.3, 0.4) is 0 Å². The first-order valence-electron chi connectivity index (χ1n) is 10.3. The van der Waals surface area contributed by atoms with Gasteiger partial charge in [-0.15, -0.1) is 0 Å². The van der Waals surface area contributed by atoms with Crippen molar-refractivity contribution in [1.82, 2.24) is 20.4 Å². The van der Waals surface area contributed by atoms with Gasteiger partial charge in [0, 0.05) is 56.4 Å². The van der Waals surface area contributed by atoms with Crippen LogP contribution in [0.5, 0.6) is 0 Å². The van der Waals surface area contributed by atoms with Gasteiger partial charge in [0.1, 0.15) is 6.04 Å². The van der Waals surface area contributed by atoms with Crippen LogP contribution in [0.15, 0.2) is 54.6 Å². The number of hydrogen-bond acceptors (Lipinski definition) is 4. The summed E-state index contributed by atoms with van der Waals surface area (Å²) in [7, 11) is 0. The number of amides is 2. The summed E-state index contributed by atoms with van der Waals surface area (Å²) in [6.45, 7) is 8.08. The Morgan fingerprint density at radius 1 is 0.967 bits per heavy atom. The quantitative estimate of drug-likeness (QED) is 0.677. The van der Waals surface area contributed by atoms with Gasteiger partial charge in [0.05, 0.1) is 0 Å². The lowest BCUT2D eigenvalue weighted by atomic mass is 10.2. The molecule has 0 spiro atoms. The Morgan fingerprint density at radius 3 is 2.27 bits per heavy atom. The van der Waals surface area contributed by atoms with Crippen molar-refractivity contribution in [3.8, 4) is 0 Å². The third-order valence-electron chi connectivity index (χ3n) is 5.29. The summed E-state index contributed by atoms with van der Waals surface area (Å²) in [5, 5.41) is 6.20. The van der Waals surface area contributed by atoms with Gasteiger partial charge in [0.2, 0.25) is 5.91 Å². The lowest BCUT2D eigenvalue weighted by Crippen LogP contribution is -2.50. The molecule has 7 heteroatoms. The van der Waals surface area contributed by atoms with E-state index in [4.69, 9.17) is 11.6 Å². The maximum atomic E-state index is 12.3. The van der Waals surface area contributed by atoms with Gasteiger partial charge in [-0.25, -0.2) is 0 Å². The van der Waals surface area contributed by atoms with E-state index in [1.54, 1.807) is 31.2 Å². The highest BCUT2D eigenvalue weighted by atomic mass is 35.5. The minimum absolute atomic E-state index is 0.181. The molecule has 0 aromatic heterocycles. The Balaban J connectivity index is 1.32. The molecule has 1 aliphatic heterocycles. The highest BCUT2D eigenvalue weighted by Crippen LogP contribution is 2.10. The highest BCUT2D eigenvalue weighted by molar-refractivity contribution is 6.30. The standard InChI is InChI=1S/C23H29ClN4O2/c1-18(26-23(30)20-7-9-21(24)10-8-20)22(29)25-11-12-27-13-15-28(16-14-27)17-19-5-3-2-4-6-19/h2-10,18H,11-17H2,1H3,(H,25,29)(H,26,30). The van der Waals surface area contributed by atoms with E-state index in [-0.39, 0.29) is 11.8 Å². The molecule has 1 saturated heterocycles. The van der Waals surface area contributed by atoms with Gasteiger partial charge in [-0.2, -0.15) is 0 Å². The highest BCUT2D eigenvalue weighted by Gasteiger charge is 2.19. The number of rotatable bonds is 8. The first-order chi connectivity index (χ1) is 14.5. The van der Waals surface area contributed by atoms with Crippen molar-refractivity contribution in [2.24, 2.45) is 0 Å². The fraction of sp³-hybridized carbons (Fsp3) is 0.391. The minimum Gasteiger partial charge on any atom is -0.353 e. The number of carbonyl (C=O) groups excluding carboxylic acids is 2. The zero-order chi connectivity index (χ0) is 21.3. The van der Waals surface area contributed by atoms with E-state index in [1.165, 1.54) is 5.56 Å². The number of nitrogens with one attached hydrogen (secondary N) is 2. The maximum absolute atomic E-state index is 12.3. The van der Waals surface area contributed by atoms with E-state index in [0.717, 1.165) is 39.3 Å². The minimum atomic E-state index is -0.601. The molecule has 2 N–H and O–H groups in total. The fourth-order valence-corrected chi connectivity index (χ4v) is 3.58. The molecular formula is C23H29ClN4O2.